The van der Waals surface area contributed by atoms with Crippen molar-refractivity contribution in [3.63, 3.8) is 0 Å². The Balaban J connectivity index is 2.54. The molecule has 0 bridgehead atoms. The predicted molar refractivity (Wildman–Crippen MR) is 76.5 cm³/mol. The van der Waals surface area contributed by atoms with E-state index in [0.717, 1.165) is 32.5 Å². The second-order valence-electron chi connectivity index (χ2n) is 6.61. The molecule has 1 heterocycles. The van der Waals surface area contributed by atoms with E-state index in [1.165, 1.54) is 6.42 Å². The van der Waals surface area contributed by atoms with Gasteiger partial charge in [-0.05, 0) is 24.3 Å². The van der Waals surface area contributed by atoms with E-state index in [1.54, 1.807) is 0 Å². The summed E-state index contributed by atoms with van der Waals surface area (Å²) < 4.78 is 0. The summed E-state index contributed by atoms with van der Waals surface area (Å²) in [6.07, 6.45) is 3.05. The van der Waals surface area contributed by atoms with E-state index in [9.17, 15) is 4.79 Å². The lowest BCUT2D eigenvalue weighted by atomic mass is 9.80. The quantitative estimate of drug-likeness (QED) is 0.790. The van der Waals surface area contributed by atoms with Crippen molar-refractivity contribution < 1.29 is 4.79 Å². The predicted octanol–water partition coefficient (Wildman–Crippen LogP) is 2.66. The number of hydrogen-bond acceptors (Lipinski definition) is 2. The molecule has 1 amide bonds. The second-order valence-corrected chi connectivity index (χ2v) is 6.61. The molecule has 18 heavy (non-hydrogen) atoms. The summed E-state index contributed by atoms with van der Waals surface area (Å²) in [7, 11) is 0. The summed E-state index contributed by atoms with van der Waals surface area (Å²) >= 11 is 0. The lowest BCUT2D eigenvalue weighted by Crippen LogP contribution is -2.42. The SMILES string of the molecule is CCCC(CN1CC(C(C)(C)C)CC1=O)NCC. The number of likely N-dealkylation sites (N-methyl/N-ethyl adjacent to an activating group) is 1. The van der Waals surface area contributed by atoms with Crippen LogP contribution >= 0.6 is 0 Å². The fraction of sp³-hybridized carbons (Fsp3) is 0.933. The molecule has 1 fully saturated rings. The first-order valence-corrected chi connectivity index (χ1v) is 7.39. The van der Waals surface area contributed by atoms with Gasteiger partial charge in [-0.3, -0.25) is 4.79 Å². The first-order valence-electron chi connectivity index (χ1n) is 7.39. The number of hydrogen-bond donors (Lipinski definition) is 1. The van der Waals surface area contributed by atoms with E-state index in [4.69, 9.17) is 0 Å². The van der Waals surface area contributed by atoms with Crippen molar-refractivity contribution in [2.75, 3.05) is 19.6 Å². The van der Waals surface area contributed by atoms with Crippen LogP contribution in [0.3, 0.4) is 0 Å². The van der Waals surface area contributed by atoms with Gasteiger partial charge in [0, 0.05) is 25.6 Å². The second kappa shape index (κ2) is 6.55. The zero-order valence-electron chi connectivity index (χ0n) is 12.8. The van der Waals surface area contributed by atoms with E-state index >= 15 is 0 Å². The standard InChI is InChI=1S/C15H30N2O/c1-6-8-13(16-7-2)11-17-10-12(9-14(17)18)15(3,4)5/h12-13,16H,6-11H2,1-5H3. The van der Waals surface area contributed by atoms with Gasteiger partial charge < -0.3 is 10.2 Å². The molecule has 0 saturated carbocycles. The van der Waals surface area contributed by atoms with Crippen LogP contribution in [0.4, 0.5) is 0 Å². The molecule has 1 aliphatic heterocycles. The summed E-state index contributed by atoms with van der Waals surface area (Å²) in [5.41, 5.74) is 0.239. The zero-order chi connectivity index (χ0) is 13.8. The highest BCUT2D eigenvalue weighted by molar-refractivity contribution is 5.78. The Morgan fingerprint density at radius 3 is 2.50 bits per heavy atom. The van der Waals surface area contributed by atoms with Crippen LogP contribution in [0.1, 0.15) is 53.9 Å². The molecule has 0 aromatic carbocycles. The minimum absolute atomic E-state index is 0.239. The average molecular weight is 254 g/mol. The van der Waals surface area contributed by atoms with Crippen molar-refractivity contribution in [1.82, 2.24) is 10.2 Å². The summed E-state index contributed by atoms with van der Waals surface area (Å²) in [6.45, 7) is 13.9. The van der Waals surface area contributed by atoms with Crippen LogP contribution in [0.5, 0.6) is 0 Å². The fourth-order valence-electron chi connectivity index (χ4n) is 2.69. The van der Waals surface area contributed by atoms with E-state index in [1.807, 2.05) is 0 Å². The Morgan fingerprint density at radius 2 is 2.06 bits per heavy atom. The molecule has 0 aliphatic carbocycles. The smallest absolute Gasteiger partial charge is 0.222 e. The minimum Gasteiger partial charge on any atom is -0.341 e. The maximum Gasteiger partial charge on any atom is 0.222 e. The van der Waals surface area contributed by atoms with Gasteiger partial charge in [0.25, 0.3) is 0 Å². The van der Waals surface area contributed by atoms with Gasteiger partial charge in [-0.15, -0.1) is 0 Å². The lowest BCUT2D eigenvalue weighted by molar-refractivity contribution is -0.128. The van der Waals surface area contributed by atoms with Gasteiger partial charge in [-0.2, -0.15) is 0 Å². The van der Waals surface area contributed by atoms with Crippen LogP contribution in [0.15, 0.2) is 0 Å². The molecule has 3 heteroatoms. The maximum atomic E-state index is 12.1. The van der Waals surface area contributed by atoms with Gasteiger partial charge in [0.2, 0.25) is 5.91 Å². The van der Waals surface area contributed by atoms with Gasteiger partial charge in [0.15, 0.2) is 0 Å². The first kappa shape index (κ1) is 15.5. The molecule has 1 saturated heterocycles. The summed E-state index contributed by atoms with van der Waals surface area (Å²) in [5.74, 6) is 0.850. The number of likely N-dealkylation sites (tertiary alicyclic amines) is 1. The van der Waals surface area contributed by atoms with Crippen molar-refractivity contribution in [3.8, 4) is 0 Å². The highest BCUT2D eigenvalue weighted by Crippen LogP contribution is 2.34. The van der Waals surface area contributed by atoms with Gasteiger partial charge in [0.05, 0.1) is 0 Å². The van der Waals surface area contributed by atoms with Crippen LogP contribution < -0.4 is 5.32 Å². The molecule has 2 atom stereocenters. The number of nitrogens with zero attached hydrogens (tertiary/aromatic N) is 1. The third kappa shape index (κ3) is 4.27. The van der Waals surface area contributed by atoms with Crippen molar-refractivity contribution in [2.45, 2.75) is 59.9 Å². The van der Waals surface area contributed by atoms with Crippen LogP contribution in [0.25, 0.3) is 0 Å². The van der Waals surface area contributed by atoms with Gasteiger partial charge in [-0.25, -0.2) is 0 Å². The normalized spacial score (nSPS) is 22.6. The monoisotopic (exact) mass is 254 g/mol. The zero-order valence-corrected chi connectivity index (χ0v) is 12.8. The van der Waals surface area contributed by atoms with E-state index in [-0.39, 0.29) is 5.41 Å². The van der Waals surface area contributed by atoms with E-state index in [0.29, 0.717) is 17.9 Å². The highest BCUT2D eigenvalue weighted by atomic mass is 16.2. The molecule has 0 aromatic rings. The van der Waals surface area contributed by atoms with Gasteiger partial charge >= 0.3 is 0 Å². The molecular formula is C15H30N2O. The minimum atomic E-state index is 0.239. The molecule has 1 rings (SSSR count). The topological polar surface area (TPSA) is 32.3 Å². The number of nitrogens with one attached hydrogen (secondary N) is 1. The first-order chi connectivity index (χ1) is 8.38. The van der Waals surface area contributed by atoms with E-state index < -0.39 is 0 Å². The van der Waals surface area contributed by atoms with Crippen LogP contribution in [-0.2, 0) is 4.79 Å². The van der Waals surface area contributed by atoms with Crippen LogP contribution in [0.2, 0.25) is 0 Å². The fourth-order valence-corrected chi connectivity index (χ4v) is 2.69. The Labute approximate surface area is 112 Å². The Bertz CT molecular complexity index is 264. The Kier molecular flexibility index (Phi) is 5.64. The molecule has 1 aliphatic rings. The highest BCUT2D eigenvalue weighted by Gasteiger charge is 2.37. The summed E-state index contributed by atoms with van der Waals surface area (Å²) in [4.78, 5) is 14.1. The molecular weight excluding hydrogens is 224 g/mol. The van der Waals surface area contributed by atoms with Crippen LogP contribution in [0, 0.1) is 11.3 Å². The molecule has 0 aromatic heterocycles. The van der Waals surface area contributed by atoms with Crippen molar-refractivity contribution in [3.05, 3.63) is 0 Å². The molecule has 0 spiro atoms. The number of carbonyl (C=O) groups is 1. The largest absolute Gasteiger partial charge is 0.341 e. The number of rotatable bonds is 6. The summed E-state index contributed by atoms with van der Waals surface area (Å²) in [5, 5.41) is 3.49. The van der Waals surface area contributed by atoms with Crippen LogP contribution in [-0.4, -0.2) is 36.5 Å². The average Bonchev–Trinajstić information content (AvgIpc) is 2.61. The lowest BCUT2D eigenvalue weighted by Gasteiger charge is -2.28. The van der Waals surface area contributed by atoms with E-state index in [2.05, 4.69) is 44.8 Å². The molecule has 3 nitrogen and oxygen atoms in total. The Morgan fingerprint density at radius 1 is 1.39 bits per heavy atom. The third-order valence-corrected chi connectivity index (χ3v) is 4.01. The molecule has 2 unspecified atom stereocenters. The number of amides is 1. The maximum absolute atomic E-state index is 12.1. The molecule has 1 N–H and O–H groups in total. The Hall–Kier alpha value is -0.570. The van der Waals surface area contributed by atoms with Gasteiger partial charge in [0.1, 0.15) is 0 Å². The number of carbonyl (C=O) groups excluding carboxylic acids is 1. The molecule has 106 valence electrons. The third-order valence-electron chi connectivity index (χ3n) is 4.01. The van der Waals surface area contributed by atoms with Gasteiger partial charge in [-0.1, -0.05) is 41.0 Å². The molecule has 0 radical (unpaired) electrons. The van der Waals surface area contributed by atoms with Crippen molar-refractivity contribution in [2.24, 2.45) is 11.3 Å². The van der Waals surface area contributed by atoms with Crippen molar-refractivity contribution in [1.29, 1.82) is 0 Å². The van der Waals surface area contributed by atoms with Crippen molar-refractivity contribution >= 4 is 5.91 Å². The summed E-state index contributed by atoms with van der Waals surface area (Å²) in [6, 6.07) is 0.461.